The molecule has 2 aromatic carbocycles. The predicted octanol–water partition coefficient (Wildman–Crippen LogP) is 6.33. The number of aromatic hydroxyl groups is 1. The Bertz CT molecular complexity index is 1740. The summed E-state index contributed by atoms with van der Waals surface area (Å²) in [5.41, 5.74) is -2.94. The molecule has 1 saturated heterocycles. The Morgan fingerprint density at radius 3 is 2.25 bits per heavy atom. The third-order valence-electron chi connectivity index (χ3n) is 10.4. The summed E-state index contributed by atoms with van der Waals surface area (Å²) in [7, 11) is 0.287. The molecule has 2 unspecified atom stereocenters. The van der Waals surface area contributed by atoms with Crippen LogP contribution in [0.25, 0.3) is 0 Å². The van der Waals surface area contributed by atoms with E-state index in [9.17, 15) is 28.3 Å². The molecule has 0 radical (unpaired) electrons. The number of rotatable bonds is 9. The molecule has 52 heavy (non-hydrogen) atoms. The van der Waals surface area contributed by atoms with Crippen molar-refractivity contribution in [1.82, 2.24) is 10.6 Å². The maximum atomic E-state index is 15.4. The Kier molecular flexibility index (Phi) is 10.4. The van der Waals surface area contributed by atoms with Crippen LogP contribution in [0.2, 0.25) is 0 Å². The van der Waals surface area contributed by atoms with Crippen LogP contribution in [0.4, 0.5) is 18.0 Å². The lowest BCUT2D eigenvalue weighted by Gasteiger charge is -2.64. The minimum atomic E-state index is -2.05. The molecule has 2 bridgehead atoms. The molecule has 1 aliphatic heterocycles. The van der Waals surface area contributed by atoms with Gasteiger partial charge >= 0.3 is 19.2 Å². The van der Waals surface area contributed by atoms with Gasteiger partial charge in [-0.25, -0.2) is 18.4 Å². The summed E-state index contributed by atoms with van der Waals surface area (Å²) < 4.78 is 74.4. The highest BCUT2D eigenvalue weighted by atomic mass is 19.2. The first-order chi connectivity index (χ1) is 24.0. The number of nitrogens with one attached hydrogen (secondary N) is 2. The van der Waals surface area contributed by atoms with Crippen LogP contribution in [0, 0.1) is 34.7 Å². The number of methoxy groups -OCH3 is 1. The lowest BCUT2D eigenvalue weighted by molar-refractivity contribution is -0.199. The van der Waals surface area contributed by atoms with Gasteiger partial charge in [0, 0.05) is 5.56 Å². The molecule has 11 nitrogen and oxygen atoms in total. The highest BCUT2D eigenvalue weighted by molar-refractivity contribution is 6.48. The van der Waals surface area contributed by atoms with Crippen molar-refractivity contribution >= 4 is 25.1 Å². The van der Waals surface area contributed by atoms with Gasteiger partial charge in [-0.15, -0.1) is 0 Å². The number of alkyl carbamates (subject to hydrolysis) is 1. The summed E-state index contributed by atoms with van der Waals surface area (Å²) in [6.07, 6.45) is 0.0820. The average molecular weight is 733 g/mol. The lowest BCUT2D eigenvalue weighted by atomic mass is 9.43. The molecule has 0 spiro atoms. The molecule has 1 heterocycles. The molecule has 3 saturated carbocycles. The van der Waals surface area contributed by atoms with E-state index in [2.05, 4.69) is 24.5 Å². The van der Waals surface area contributed by atoms with Crippen molar-refractivity contribution in [3.63, 3.8) is 0 Å². The van der Waals surface area contributed by atoms with Gasteiger partial charge in [-0.1, -0.05) is 26.0 Å². The number of esters is 1. The van der Waals surface area contributed by atoms with E-state index in [4.69, 9.17) is 23.5 Å². The normalized spacial score (nSPS) is 24.6. The van der Waals surface area contributed by atoms with E-state index >= 15 is 4.39 Å². The van der Waals surface area contributed by atoms with Crippen molar-refractivity contribution in [3.8, 4) is 11.5 Å². The summed E-state index contributed by atoms with van der Waals surface area (Å²) in [5.74, 6) is -8.96. The van der Waals surface area contributed by atoms with Crippen LogP contribution in [-0.2, 0) is 30.0 Å². The van der Waals surface area contributed by atoms with Gasteiger partial charge in [0.05, 0.1) is 24.8 Å². The molecule has 6 rings (SSSR count). The zero-order valence-corrected chi connectivity index (χ0v) is 31.2. The molecule has 15 heteroatoms. The third kappa shape index (κ3) is 7.57. The predicted molar refractivity (Wildman–Crippen MR) is 184 cm³/mol. The summed E-state index contributed by atoms with van der Waals surface area (Å²) in [4.78, 5) is 40.4. The van der Waals surface area contributed by atoms with Gasteiger partial charge in [-0.3, -0.25) is 4.79 Å². The zero-order valence-electron chi connectivity index (χ0n) is 31.2. The van der Waals surface area contributed by atoms with E-state index in [1.807, 2.05) is 6.92 Å². The molecule has 4 fully saturated rings. The van der Waals surface area contributed by atoms with Gasteiger partial charge in [-0.2, -0.15) is 4.39 Å². The van der Waals surface area contributed by atoms with Gasteiger partial charge < -0.3 is 39.3 Å². The van der Waals surface area contributed by atoms with Crippen LogP contribution in [-0.4, -0.2) is 66.2 Å². The quantitative estimate of drug-likeness (QED) is 0.153. The number of carbonyl (C=O) groups is 3. The number of ether oxygens (including phenoxy) is 3. The largest absolute Gasteiger partial charge is 0.503 e. The second-order valence-electron chi connectivity index (χ2n) is 16.7. The maximum Gasteiger partial charge on any atom is 0.482 e. The topological polar surface area (TPSA) is 142 Å². The fraction of sp³-hybridized carbons (Fsp3) is 0.595. The highest BCUT2D eigenvalue weighted by Gasteiger charge is 2.68. The van der Waals surface area contributed by atoms with Gasteiger partial charge in [0.1, 0.15) is 28.6 Å². The molecule has 3 N–H and O–H groups in total. The lowest BCUT2D eigenvalue weighted by Crippen LogP contribution is -2.65. The number of hydrogen-bond acceptors (Lipinski definition) is 9. The number of phenols is 1. The van der Waals surface area contributed by atoms with E-state index in [1.54, 1.807) is 53.7 Å². The van der Waals surface area contributed by atoms with E-state index in [0.29, 0.717) is 24.0 Å². The minimum absolute atomic E-state index is 0.0137. The standard InChI is InChI=1S/C37H48BF3N2O9/c1-34(2,3)49-32(46)20-13-11-12-18(30(20)48-10)14-25(38-51-24-16-19-15-23(36(19,7)8)37(24,9)52-38)42-31(45)28(43-33(47)50-35(4,5)6)21-17-22(39)29(44)27(41)26(21)40/h11-13,17,19,23-25,28,44H,14-16H2,1-10H3,(H,42,45)(H,43,47)/t19-,23-,24+,25?,28?,37-/m0/s1. The number of halogens is 3. The second kappa shape index (κ2) is 13.8. The first-order valence-electron chi connectivity index (χ1n) is 17.4. The van der Waals surface area contributed by atoms with Crippen molar-refractivity contribution in [2.24, 2.45) is 17.3 Å². The summed E-state index contributed by atoms with van der Waals surface area (Å²) in [6, 6.07) is 3.20. The molecular formula is C37H48BF3N2O9. The molecule has 3 aliphatic carbocycles. The molecule has 4 aliphatic rings. The van der Waals surface area contributed by atoms with E-state index in [0.717, 1.165) is 6.42 Å². The fourth-order valence-electron chi connectivity index (χ4n) is 7.79. The molecule has 284 valence electrons. The zero-order chi connectivity index (χ0) is 38.7. The Morgan fingerprint density at radius 2 is 1.65 bits per heavy atom. The van der Waals surface area contributed by atoms with E-state index < -0.39 is 82.6 Å². The van der Waals surface area contributed by atoms with Crippen molar-refractivity contribution in [3.05, 3.63) is 58.4 Å². The Balaban J connectivity index is 1.55. The molecule has 6 atom stereocenters. The summed E-state index contributed by atoms with van der Waals surface area (Å²) in [5, 5.41) is 14.7. The number of carbonyl (C=O) groups excluding carboxylic acids is 3. The van der Waals surface area contributed by atoms with Crippen LogP contribution in [0.15, 0.2) is 24.3 Å². The minimum Gasteiger partial charge on any atom is -0.503 e. The van der Waals surface area contributed by atoms with Gasteiger partial charge in [0.15, 0.2) is 17.4 Å². The Labute approximate surface area is 302 Å². The number of amides is 2. The van der Waals surface area contributed by atoms with Crippen LogP contribution in [0.1, 0.15) is 103 Å². The van der Waals surface area contributed by atoms with Gasteiger partial charge in [0.25, 0.3) is 0 Å². The Hall–Kier alpha value is -3.98. The SMILES string of the molecule is COc1c(CC(NC(=O)C(NC(=O)OC(C)(C)C)c2cc(F)c(O)c(F)c2F)B2O[C@@H]3C[C@@H]4C[C@@H](C4(C)C)[C@]3(C)O2)cccc1C(=O)OC(C)(C)C. The first-order valence-corrected chi connectivity index (χ1v) is 17.4. The van der Waals surface area contributed by atoms with E-state index in [1.165, 1.54) is 13.2 Å². The van der Waals surface area contributed by atoms with Crippen LogP contribution >= 0.6 is 0 Å². The molecule has 0 aromatic heterocycles. The third-order valence-corrected chi connectivity index (χ3v) is 10.4. The van der Waals surface area contributed by atoms with Crippen molar-refractivity contribution < 1.29 is 56.2 Å². The fourth-order valence-corrected chi connectivity index (χ4v) is 7.79. The number of para-hydroxylation sites is 1. The molecule has 2 aromatic rings. The van der Waals surface area contributed by atoms with Crippen molar-refractivity contribution in [2.75, 3.05) is 7.11 Å². The molecule has 2 amide bonds. The summed E-state index contributed by atoms with van der Waals surface area (Å²) in [6.45, 7) is 16.2. The second-order valence-corrected chi connectivity index (χ2v) is 16.7. The molecular weight excluding hydrogens is 684 g/mol. The smallest absolute Gasteiger partial charge is 0.482 e. The van der Waals surface area contributed by atoms with Crippen LogP contribution < -0.4 is 15.4 Å². The highest BCUT2D eigenvalue weighted by Crippen LogP contribution is 2.65. The number of phenolic OH excluding ortho intramolecular Hbond substituents is 1. The number of hydrogen-bond donors (Lipinski definition) is 3. The first kappa shape index (κ1) is 39.2. The van der Waals surface area contributed by atoms with Crippen molar-refractivity contribution in [2.45, 2.75) is 116 Å². The van der Waals surface area contributed by atoms with Crippen molar-refractivity contribution in [1.29, 1.82) is 0 Å². The Morgan fingerprint density at radius 1 is 1.00 bits per heavy atom. The maximum absolute atomic E-state index is 15.4. The number of benzene rings is 2. The van der Waals surface area contributed by atoms with Gasteiger partial charge in [-0.05, 0) is 103 Å². The van der Waals surface area contributed by atoms with Crippen LogP contribution in [0.3, 0.4) is 0 Å². The summed E-state index contributed by atoms with van der Waals surface area (Å²) >= 11 is 0. The van der Waals surface area contributed by atoms with Crippen LogP contribution in [0.5, 0.6) is 11.5 Å². The van der Waals surface area contributed by atoms with E-state index in [-0.39, 0.29) is 35.2 Å². The monoisotopic (exact) mass is 732 g/mol. The average Bonchev–Trinajstić information content (AvgIpc) is 3.39. The van der Waals surface area contributed by atoms with Gasteiger partial charge in [0.2, 0.25) is 11.7 Å².